The van der Waals surface area contributed by atoms with Gasteiger partial charge in [-0.2, -0.15) is 0 Å². The fourth-order valence-electron chi connectivity index (χ4n) is 2.65. The van der Waals surface area contributed by atoms with Crippen molar-refractivity contribution in [3.05, 3.63) is 89.7 Å². The van der Waals surface area contributed by atoms with E-state index >= 15 is 0 Å². The second-order valence-corrected chi connectivity index (χ2v) is 6.76. The average Bonchev–Trinajstić information content (AvgIpc) is 2.74. The van der Waals surface area contributed by atoms with Gasteiger partial charge in [0.25, 0.3) is 11.8 Å². The normalized spacial score (nSPS) is 10.4. The molecule has 0 unspecified atom stereocenters. The molecule has 0 bridgehead atoms. The first kappa shape index (κ1) is 20.1. The van der Waals surface area contributed by atoms with Gasteiger partial charge in [-0.1, -0.05) is 0 Å². The van der Waals surface area contributed by atoms with Crippen LogP contribution in [0.4, 0.5) is 5.69 Å². The van der Waals surface area contributed by atoms with Crippen molar-refractivity contribution in [1.29, 1.82) is 0 Å². The Morgan fingerprint density at radius 3 is 2.03 bits per heavy atom. The number of rotatable bonds is 7. The third kappa shape index (κ3) is 5.90. The number of pyridine rings is 1. The maximum atomic E-state index is 12.4. The molecule has 0 saturated carbocycles. The largest absolute Gasteiger partial charge is 0.491 e. The third-order valence-electron chi connectivity index (χ3n) is 4.10. The third-order valence-corrected chi connectivity index (χ3v) is 4.10. The topological polar surface area (TPSA) is 80.3 Å². The molecule has 0 fully saturated rings. The molecule has 0 aliphatic heterocycles. The quantitative estimate of drug-likeness (QED) is 0.639. The van der Waals surface area contributed by atoms with Crippen molar-refractivity contribution in [3.63, 3.8) is 0 Å². The van der Waals surface area contributed by atoms with Crippen LogP contribution >= 0.6 is 0 Å². The Balaban J connectivity index is 1.56. The fraction of sp³-hybridized carbons (Fsp3) is 0.174. The van der Waals surface area contributed by atoms with Crippen LogP contribution in [0, 0.1) is 0 Å². The molecule has 1 heterocycles. The van der Waals surface area contributed by atoms with E-state index in [2.05, 4.69) is 15.6 Å². The Labute approximate surface area is 169 Å². The molecule has 0 aliphatic rings. The molecule has 1 aromatic heterocycles. The maximum absolute atomic E-state index is 12.4. The first-order valence-electron chi connectivity index (χ1n) is 9.36. The maximum Gasteiger partial charge on any atom is 0.255 e. The molecular formula is C23H23N3O3. The Hall–Kier alpha value is -3.67. The molecule has 2 aromatic carbocycles. The fourth-order valence-corrected chi connectivity index (χ4v) is 2.65. The van der Waals surface area contributed by atoms with E-state index in [1.54, 1.807) is 48.8 Å². The molecule has 0 aliphatic carbocycles. The minimum absolute atomic E-state index is 0.0934. The lowest BCUT2D eigenvalue weighted by atomic mass is 10.1. The van der Waals surface area contributed by atoms with Gasteiger partial charge < -0.3 is 15.4 Å². The van der Waals surface area contributed by atoms with Crippen molar-refractivity contribution >= 4 is 17.5 Å². The number of hydrogen-bond acceptors (Lipinski definition) is 4. The van der Waals surface area contributed by atoms with Gasteiger partial charge in [0.1, 0.15) is 5.75 Å². The lowest BCUT2D eigenvalue weighted by molar-refractivity contribution is 0.0949. The van der Waals surface area contributed by atoms with Gasteiger partial charge >= 0.3 is 0 Å². The molecule has 0 radical (unpaired) electrons. The summed E-state index contributed by atoms with van der Waals surface area (Å²) in [6.45, 7) is 4.33. The molecule has 6 heteroatoms. The standard InChI is InChI=1S/C23H23N3O3/c1-16(2)29-21-9-7-20(8-10-21)26-23(28)19-5-3-18(4-6-19)22(27)25-15-17-11-13-24-14-12-17/h3-14,16H,15H2,1-2H3,(H,25,27)(H,26,28). The summed E-state index contributed by atoms with van der Waals surface area (Å²) in [6, 6.07) is 17.4. The minimum Gasteiger partial charge on any atom is -0.491 e. The molecule has 2 amide bonds. The van der Waals surface area contributed by atoms with Crippen LogP contribution in [0.1, 0.15) is 40.1 Å². The van der Waals surface area contributed by atoms with Crippen LogP contribution in [0.5, 0.6) is 5.75 Å². The lowest BCUT2D eigenvalue weighted by Gasteiger charge is -2.11. The zero-order chi connectivity index (χ0) is 20.6. The molecule has 0 spiro atoms. The Morgan fingerprint density at radius 2 is 1.45 bits per heavy atom. The number of benzene rings is 2. The summed E-state index contributed by atoms with van der Waals surface area (Å²) in [4.78, 5) is 28.6. The molecule has 3 aromatic rings. The van der Waals surface area contributed by atoms with Crippen LogP contribution in [0.15, 0.2) is 73.1 Å². The van der Waals surface area contributed by atoms with E-state index in [9.17, 15) is 9.59 Å². The zero-order valence-corrected chi connectivity index (χ0v) is 16.4. The van der Waals surface area contributed by atoms with Gasteiger partial charge in [-0.05, 0) is 80.1 Å². The van der Waals surface area contributed by atoms with E-state index in [4.69, 9.17) is 4.74 Å². The summed E-state index contributed by atoms with van der Waals surface area (Å²) in [7, 11) is 0. The Morgan fingerprint density at radius 1 is 0.862 bits per heavy atom. The number of ether oxygens (including phenoxy) is 1. The highest BCUT2D eigenvalue weighted by Gasteiger charge is 2.10. The summed E-state index contributed by atoms with van der Waals surface area (Å²) in [5.74, 6) is 0.306. The summed E-state index contributed by atoms with van der Waals surface area (Å²) in [5.41, 5.74) is 2.60. The predicted octanol–water partition coefficient (Wildman–Crippen LogP) is 4.05. The van der Waals surface area contributed by atoms with E-state index in [1.165, 1.54) is 0 Å². The molecule has 148 valence electrons. The van der Waals surface area contributed by atoms with Crippen LogP contribution in [0.3, 0.4) is 0 Å². The SMILES string of the molecule is CC(C)Oc1ccc(NC(=O)c2ccc(C(=O)NCc3ccncc3)cc2)cc1. The highest BCUT2D eigenvalue weighted by Crippen LogP contribution is 2.18. The van der Waals surface area contributed by atoms with Crippen LogP contribution in [-0.4, -0.2) is 22.9 Å². The average molecular weight is 389 g/mol. The van der Waals surface area contributed by atoms with Crippen LogP contribution < -0.4 is 15.4 Å². The first-order chi connectivity index (χ1) is 14.0. The van der Waals surface area contributed by atoms with Crippen LogP contribution in [0.2, 0.25) is 0 Å². The molecule has 0 saturated heterocycles. The van der Waals surface area contributed by atoms with E-state index in [1.807, 2.05) is 38.1 Å². The Bertz CT molecular complexity index is 953. The number of nitrogens with one attached hydrogen (secondary N) is 2. The number of amides is 2. The molecule has 29 heavy (non-hydrogen) atoms. The van der Waals surface area contributed by atoms with Crippen molar-refractivity contribution < 1.29 is 14.3 Å². The lowest BCUT2D eigenvalue weighted by Crippen LogP contribution is -2.23. The van der Waals surface area contributed by atoms with Gasteiger partial charge in [0.15, 0.2) is 0 Å². The summed E-state index contributed by atoms with van der Waals surface area (Å²) < 4.78 is 5.59. The van der Waals surface area contributed by atoms with Gasteiger partial charge in [-0.25, -0.2) is 0 Å². The smallest absolute Gasteiger partial charge is 0.255 e. The zero-order valence-electron chi connectivity index (χ0n) is 16.4. The van der Waals surface area contributed by atoms with Crippen LogP contribution in [0.25, 0.3) is 0 Å². The van der Waals surface area contributed by atoms with E-state index < -0.39 is 0 Å². The molecule has 2 N–H and O–H groups in total. The highest BCUT2D eigenvalue weighted by molar-refractivity contribution is 6.05. The molecule has 0 atom stereocenters. The number of anilines is 1. The Kier molecular flexibility index (Phi) is 6.58. The molecular weight excluding hydrogens is 366 g/mol. The summed E-state index contributed by atoms with van der Waals surface area (Å²) in [6.07, 6.45) is 3.45. The second-order valence-electron chi connectivity index (χ2n) is 6.76. The van der Waals surface area contributed by atoms with Crippen molar-refractivity contribution in [3.8, 4) is 5.75 Å². The van der Waals surface area contributed by atoms with Crippen molar-refractivity contribution in [1.82, 2.24) is 10.3 Å². The highest BCUT2D eigenvalue weighted by atomic mass is 16.5. The monoisotopic (exact) mass is 389 g/mol. The van der Waals surface area contributed by atoms with Gasteiger partial charge in [-0.15, -0.1) is 0 Å². The minimum atomic E-state index is -0.244. The van der Waals surface area contributed by atoms with E-state index in [-0.39, 0.29) is 17.9 Å². The van der Waals surface area contributed by atoms with Crippen LogP contribution in [-0.2, 0) is 6.54 Å². The number of carbonyl (C=O) groups excluding carboxylic acids is 2. The van der Waals surface area contributed by atoms with Crippen molar-refractivity contribution in [2.24, 2.45) is 0 Å². The van der Waals surface area contributed by atoms with Crippen molar-refractivity contribution in [2.45, 2.75) is 26.5 Å². The van der Waals surface area contributed by atoms with E-state index in [0.29, 0.717) is 23.4 Å². The predicted molar refractivity (Wildman–Crippen MR) is 112 cm³/mol. The van der Waals surface area contributed by atoms with Crippen molar-refractivity contribution in [2.75, 3.05) is 5.32 Å². The van der Waals surface area contributed by atoms with Gasteiger partial charge in [-0.3, -0.25) is 14.6 Å². The molecule has 3 rings (SSSR count). The number of carbonyl (C=O) groups is 2. The van der Waals surface area contributed by atoms with Gasteiger partial charge in [0.05, 0.1) is 6.10 Å². The number of nitrogens with zero attached hydrogens (tertiary/aromatic N) is 1. The number of aromatic nitrogens is 1. The second kappa shape index (κ2) is 9.50. The van der Waals surface area contributed by atoms with Gasteiger partial charge in [0.2, 0.25) is 0 Å². The molecule has 6 nitrogen and oxygen atoms in total. The number of hydrogen-bond donors (Lipinski definition) is 2. The summed E-state index contributed by atoms with van der Waals surface area (Å²) in [5, 5.41) is 5.68. The summed E-state index contributed by atoms with van der Waals surface area (Å²) >= 11 is 0. The van der Waals surface area contributed by atoms with E-state index in [0.717, 1.165) is 11.3 Å². The first-order valence-corrected chi connectivity index (χ1v) is 9.36. The van der Waals surface area contributed by atoms with Gasteiger partial charge in [0, 0.05) is 35.8 Å².